The van der Waals surface area contributed by atoms with Gasteiger partial charge in [-0.25, -0.2) is 0 Å². The molecule has 2 aliphatic rings. The fourth-order valence-corrected chi connectivity index (χ4v) is 2.68. The van der Waals surface area contributed by atoms with Crippen LogP contribution in [0.3, 0.4) is 0 Å². The molecule has 0 aromatic heterocycles. The minimum Gasteiger partial charge on any atom is -0.396 e. The van der Waals surface area contributed by atoms with Gasteiger partial charge in [0.2, 0.25) is 5.91 Å². The lowest BCUT2D eigenvalue weighted by molar-refractivity contribution is -0.127. The third-order valence-corrected chi connectivity index (χ3v) is 3.65. The van der Waals surface area contributed by atoms with E-state index >= 15 is 0 Å². The van der Waals surface area contributed by atoms with Gasteiger partial charge in [-0.1, -0.05) is 0 Å². The molecule has 2 saturated heterocycles. The van der Waals surface area contributed by atoms with Crippen LogP contribution in [-0.4, -0.2) is 60.1 Å². The summed E-state index contributed by atoms with van der Waals surface area (Å²) in [6.07, 6.45) is 4.27. The number of carbonyl (C=O) groups excluding carboxylic acids is 1. The molecule has 0 aromatic carbocycles. The molecule has 1 atom stereocenters. The first-order valence-electron chi connectivity index (χ1n) is 6.40. The Morgan fingerprint density at radius 3 is 2.62 bits per heavy atom. The summed E-state index contributed by atoms with van der Waals surface area (Å²) in [6.45, 7) is 5.35. The van der Waals surface area contributed by atoms with Gasteiger partial charge >= 0.3 is 0 Å². The molecule has 2 rings (SSSR count). The summed E-state index contributed by atoms with van der Waals surface area (Å²) < 4.78 is 0. The molecule has 0 radical (unpaired) electrons. The van der Waals surface area contributed by atoms with Crippen LogP contribution in [0.4, 0.5) is 0 Å². The molecule has 4 nitrogen and oxygen atoms in total. The lowest BCUT2D eigenvalue weighted by atomic mass is 10.1. The van der Waals surface area contributed by atoms with Gasteiger partial charge in [0.25, 0.3) is 0 Å². The lowest BCUT2D eigenvalue weighted by Gasteiger charge is -2.19. The van der Waals surface area contributed by atoms with Crippen molar-refractivity contribution >= 4 is 5.91 Å². The average molecular weight is 226 g/mol. The Morgan fingerprint density at radius 2 is 2.00 bits per heavy atom. The molecule has 1 N–H and O–H groups in total. The highest BCUT2D eigenvalue weighted by Crippen LogP contribution is 2.17. The third-order valence-electron chi connectivity index (χ3n) is 3.65. The minimum absolute atomic E-state index is 0.147. The molecule has 2 heterocycles. The standard InChI is InChI=1S/C12H22N2O2/c15-10-11-8-12(16)14(9-11)7-3-6-13-4-1-2-5-13/h11,15H,1-10H2. The van der Waals surface area contributed by atoms with Crippen LogP contribution in [0.5, 0.6) is 0 Å². The third kappa shape index (κ3) is 2.95. The maximum atomic E-state index is 11.6. The topological polar surface area (TPSA) is 43.8 Å². The van der Waals surface area contributed by atoms with Crippen LogP contribution >= 0.6 is 0 Å². The first-order chi connectivity index (χ1) is 7.79. The van der Waals surface area contributed by atoms with Gasteiger partial charge in [-0.2, -0.15) is 0 Å². The Hall–Kier alpha value is -0.610. The van der Waals surface area contributed by atoms with Gasteiger partial charge in [0.1, 0.15) is 0 Å². The molecule has 4 heteroatoms. The summed E-state index contributed by atoms with van der Waals surface area (Å²) in [5.74, 6) is 0.403. The quantitative estimate of drug-likeness (QED) is 0.734. The molecule has 0 bridgehead atoms. The Bertz CT molecular complexity index is 239. The zero-order chi connectivity index (χ0) is 11.4. The highest BCUT2D eigenvalue weighted by Gasteiger charge is 2.28. The summed E-state index contributed by atoms with van der Waals surface area (Å²) in [5, 5.41) is 9.01. The second-order valence-electron chi connectivity index (χ2n) is 4.99. The van der Waals surface area contributed by atoms with E-state index in [0.29, 0.717) is 6.42 Å². The van der Waals surface area contributed by atoms with Gasteiger partial charge < -0.3 is 14.9 Å². The minimum atomic E-state index is 0.147. The fourth-order valence-electron chi connectivity index (χ4n) is 2.68. The molecule has 1 unspecified atom stereocenters. The smallest absolute Gasteiger partial charge is 0.223 e. The summed E-state index contributed by atoms with van der Waals surface area (Å²) in [5.41, 5.74) is 0. The van der Waals surface area contributed by atoms with Crippen molar-refractivity contribution in [2.45, 2.75) is 25.7 Å². The van der Waals surface area contributed by atoms with E-state index < -0.39 is 0 Å². The number of aliphatic hydroxyl groups excluding tert-OH is 1. The van der Waals surface area contributed by atoms with Crippen molar-refractivity contribution in [2.75, 3.05) is 39.3 Å². The first-order valence-corrected chi connectivity index (χ1v) is 6.40. The number of hydrogen-bond acceptors (Lipinski definition) is 3. The molecule has 16 heavy (non-hydrogen) atoms. The van der Waals surface area contributed by atoms with Crippen molar-refractivity contribution in [3.8, 4) is 0 Å². The molecule has 2 fully saturated rings. The van der Waals surface area contributed by atoms with E-state index in [1.165, 1.54) is 25.9 Å². The van der Waals surface area contributed by atoms with Gasteiger partial charge in [-0.05, 0) is 38.9 Å². The van der Waals surface area contributed by atoms with Crippen LogP contribution in [0.15, 0.2) is 0 Å². The van der Waals surface area contributed by atoms with Gasteiger partial charge in [0, 0.05) is 32.0 Å². The van der Waals surface area contributed by atoms with E-state index in [2.05, 4.69) is 4.90 Å². The van der Waals surface area contributed by atoms with Crippen molar-refractivity contribution in [3.63, 3.8) is 0 Å². The van der Waals surface area contributed by atoms with Crippen molar-refractivity contribution in [1.29, 1.82) is 0 Å². The van der Waals surface area contributed by atoms with Crippen LogP contribution in [0.25, 0.3) is 0 Å². The van der Waals surface area contributed by atoms with E-state index in [0.717, 1.165) is 26.1 Å². The monoisotopic (exact) mass is 226 g/mol. The van der Waals surface area contributed by atoms with Gasteiger partial charge in [-0.3, -0.25) is 4.79 Å². The molecular formula is C12H22N2O2. The molecule has 92 valence electrons. The molecule has 0 aliphatic carbocycles. The van der Waals surface area contributed by atoms with Crippen LogP contribution in [0.1, 0.15) is 25.7 Å². The Morgan fingerprint density at radius 1 is 1.25 bits per heavy atom. The summed E-state index contributed by atoms with van der Waals surface area (Å²) in [6, 6.07) is 0. The number of carbonyl (C=O) groups is 1. The highest BCUT2D eigenvalue weighted by atomic mass is 16.3. The second kappa shape index (κ2) is 5.64. The van der Waals surface area contributed by atoms with Crippen LogP contribution < -0.4 is 0 Å². The maximum Gasteiger partial charge on any atom is 0.223 e. The first kappa shape index (κ1) is 11.9. The number of hydrogen-bond donors (Lipinski definition) is 1. The SMILES string of the molecule is O=C1CC(CO)CN1CCCN1CCCC1. The number of amides is 1. The van der Waals surface area contributed by atoms with Gasteiger partial charge in [0.15, 0.2) is 0 Å². The molecule has 2 aliphatic heterocycles. The van der Waals surface area contributed by atoms with Crippen LogP contribution in [0.2, 0.25) is 0 Å². The van der Waals surface area contributed by atoms with Gasteiger partial charge in [-0.15, -0.1) is 0 Å². The predicted molar refractivity (Wildman–Crippen MR) is 62.1 cm³/mol. The molecular weight excluding hydrogens is 204 g/mol. The number of likely N-dealkylation sites (tertiary alicyclic amines) is 2. The number of nitrogens with zero attached hydrogens (tertiary/aromatic N) is 2. The second-order valence-corrected chi connectivity index (χ2v) is 4.99. The highest BCUT2D eigenvalue weighted by molar-refractivity contribution is 5.78. The van der Waals surface area contributed by atoms with Gasteiger partial charge in [0.05, 0.1) is 0 Å². The van der Waals surface area contributed by atoms with Crippen LogP contribution in [0, 0.1) is 5.92 Å². The van der Waals surface area contributed by atoms with E-state index in [-0.39, 0.29) is 18.4 Å². The van der Waals surface area contributed by atoms with E-state index in [1.807, 2.05) is 4.90 Å². The van der Waals surface area contributed by atoms with Crippen LogP contribution in [-0.2, 0) is 4.79 Å². The Balaban J connectivity index is 1.64. The summed E-state index contributed by atoms with van der Waals surface area (Å²) >= 11 is 0. The fraction of sp³-hybridized carbons (Fsp3) is 0.917. The van der Waals surface area contributed by atoms with Crippen molar-refractivity contribution in [1.82, 2.24) is 9.80 Å². The summed E-state index contributed by atoms with van der Waals surface area (Å²) in [4.78, 5) is 16.0. The molecule has 0 spiro atoms. The van der Waals surface area contributed by atoms with Crippen molar-refractivity contribution in [3.05, 3.63) is 0 Å². The average Bonchev–Trinajstić information content (AvgIpc) is 2.89. The molecule has 1 amide bonds. The maximum absolute atomic E-state index is 11.6. The lowest BCUT2D eigenvalue weighted by Crippen LogP contribution is -2.30. The summed E-state index contributed by atoms with van der Waals surface area (Å²) in [7, 11) is 0. The van der Waals surface area contributed by atoms with Crippen molar-refractivity contribution in [2.24, 2.45) is 5.92 Å². The molecule has 0 saturated carbocycles. The zero-order valence-corrected chi connectivity index (χ0v) is 9.90. The Kier molecular flexibility index (Phi) is 4.18. The largest absolute Gasteiger partial charge is 0.396 e. The van der Waals surface area contributed by atoms with Crippen molar-refractivity contribution < 1.29 is 9.90 Å². The zero-order valence-electron chi connectivity index (χ0n) is 9.90. The Labute approximate surface area is 97.2 Å². The normalized spacial score (nSPS) is 26.9. The molecule has 0 aromatic rings. The van der Waals surface area contributed by atoms with E-state index in [4.69, 9.17) is 5.11 Å². The number of rotatable bonds is 5. The predicted octanol–water partition coefficient (Wildman–Crippen LogP) is 0.313. The van der Waals surface area contributed by atoms with E-state index in [1.54, 1.807) is 0 Å². The number of aliphatic hydroxyl groups is 1. The van der Waals surface area contributed by atoms with E-state index in [9.17, 15) is 4.79 Å².